The Bertz CT molecular complexity index is 564. The van der Waals surface area contributed by atoms with E-state index in [1.807, 2.05) is 11.8 Å². The van der Waals surface area contributed by atoms with Crippen LogP contribution in [0.3, 0.4) is 0 Å². The Morgan fingerprint density at radius 3 is 2.86 bits per heavy atom. The molecule has 1 aromatic carbocycles. The van der Waals surface area contributed by atoms with Crippen molar-refractivity contribution in [2.45, 2.75) is 19.9 Å². The first-order chi connectivity index (χ1) is 9.86. The normalized spacial score (nSPS) is 23.0. The molecule has 0 amide bonds. The van der Waals surface area contributed by atoms with Crippen molar-refractivity contribution in [1.82, 2.24) is 4.90 Å². The first-order valence-corrected chi connectivity index (χ1v) is 7.12. The molecule has 0 saturated carbocycles. The fourth-order valence-electron chi connectivity index (χ4n) is 2.87. The van der Waals surface area contributed by atoms with Gasteiger partial charge in [-0.15, -0.1) is 0 Å². The Morgan fingerprint density at radius 2 is 2.24 bits per heavy atom. The van der Waals surface area contributed by atoms with Gasteiger partial charge in [0.1, 0.15) is 0 Å². The molecule has 0 aliphatic carbocycles. The molecule has 0 aromatic heterocycles. The van der Waals surface area contributed by atoms with Gasteiger partial charge in [-0.1, -0.05) is 18.5 Å². The summed E-state index contributed by atoms with van der Waals surface area (Å²) >= 11 is 5.91. The molecule has 1 N–H and O–H groups in total. The highest BCUT2D eigenvalue weighted by molar-refractivity contribution is 6.30. The van der Waals surface area contributed by atoms with E-state index in [0.717, 1.165) is 6.54 Å². The van der Waals surface area contributed by atoms with Gasteiger partial charge in [0.15, 0.2) is 0 Å². The number of benzene rings is 1. The summed E-state index contributed by atoms with van der Waals surface area (Å²) in [4.78, 5) is 23.7. The summed E-state index contributed by atoms with van der Waals surface area (Å²) < 4.78 is 0. The molecular formula is C14H17ClN2O4. The lowest BCUT2D eigenvalue weighted by molar-refractivity contribution is -0.385. The van der Waals surface area contributed by atoms with Crippen LogP contribution in [-0.4, -0.2) is 34.0 Å². The standard InChI is InChI=1S/C14H17ClN2O4/c1-9-4-11(14(18)19)8-16(6-9)7-10-5-12(15)2-3-13(10)17(20)21/h2-3,5,9,11H,4,6-8H2,1H3,(H,18,19). The number of nitro benzene ring substituents is 1. The van der Waals surface area contributed by atoms with Gasteiger partial charge < -0.3 is 5.11 Å². The van der Waals surface area contributed by atoms with E-state index in [9.17, 15) is 20.0 Å². The Balaban J connectivity index is 2.19. The van der Waals surface area contributed by atoms with Crippen molar-refractivity contribution in [1.29, 1.82) is 0 Å². The molecule has 6 nitrogen and oxygen atoms in total. The molecule has 2 unspecified atom stereocenters. The summed E-state index contributed by atoms with van der Waals surface area (Å²) in [5.74, 6) is -0.989. The molecule has 2 atom stereocenters. The highest BCUT2D eigenvalue weighted by Gasteiger charge is 2.30. The minimum absolute atomic E-state index is 0.0181. The predicted molar refractivity (Wildman–Crippen MR) is 78.3 cm³/mol. The fourth-order valence-corrected chi connectivity index (χ4v) is 3.06. The Labute approximate surface area is 127 Å². The predicted octanol–water partition coefficient (Wildman–Crippen LogP) is 2.79. The number of rotatable bonds is 4. The maximum Gasteiger partial charge on any atom is 0.307 e. The van der Waals surface area contributed by atoms with Gasteiger partial charge in [0.2, 0.25) is 0 Å². The summed E-state index contributed by atoms with van der Waals surface area (Å²) in [5.41, 5.74) is 0.537. The van der Waals surface area contributed by atoms with E-state index in [2.05, 4.69) is 0 Å². The second kappa shape index (κ2) is 6.41. The number of piperidine rings is 1. The van der Waals surface area contributed by atoms with Gasteiger partial charge in [-0.3, -0.25) is 19.8 Å². The Morgan fingerprint density at radius 1 is 1.52 bits per heavy atom. The van der Waals surface area contributed by atoms with Crippen LogP contribution in [0, 0.1) is 22.0 Å². The summed E-state index contributed by atoms with van der Waals surface area (Å²) in [5, 5.41) is 20.7. The van der Waals surface area contributed by atoms with E-state index in [1.54, 1.807) is 6.07 Å². The lowest BCUT2D eigenvalue weighted by atomic mass is 9.90. The van der Waals surface area contributed by atoms with Crippen molar-refractivity contribution in [2.24, 2.45) is 11.8 Å². The van der Waals surface area contributed by atoms with Crippen molar-refractivity contribution in [3.05, 3.63) is 38.9 Å². The number of hydrogen-bond donors (Lipinski definition) is 1. The molecule has 1 saturated heterocycles. The molecular weight excluding hydrogens is 296 g/mol. The van der Waals surface area contributed by atoms with E-state index in [-0.39, 0.29) is 11.6 Å². The molecule has 0 spiro atoms. The van der Waals surface area contributed by atoms with Crippen molar-refractivity contribution >= 4 is 23.3 Å². The quantitative estimate of drug-likeness (QED) is 0.682. The maximum atomic E-state index is 11.2. The zero-order valence-corrected chi connectivity index (χ0v) is 12.4. The molecule has 1 heterocycles. The smallest absolute Gasteiger partial charge is 0.307 e. The minimum Gasteiger partial charge on any atom is -0.481 e. The van der Waals surface area contributed by atoms with Gasteiger partial charge in [0.25, 0.3) is 5.69 Å². The third kappa shape index (κ3) is 3.92. The van der Waals surface area contributed by atoms with Crippen molar-refractivity contribution < 1.29 is 14.8 Å². The largest absolute Gasteiger partial charge is 0.481 e. The fraction of sp³-hybridized carbons (Fsp3) is 0.500. The van der Waals surface area contributed by atoms with Crippen LogP contribution in [0.5, 0.6) is 0 Å². The average Bonchev–Trinajstić information content (AvgIpc) is 2.37. The van der Waals surface area contributed by atoms with Crippen molar-refractivity contribution in [2.75, 3.05) is 13.1 Å². The number of carboxylic acid groups (broad SMARTS) is 1. The molecule has 0 bridgehead atoms. The third-order valence-corrected chi connectivity index (χ3v) is 3.95. The van der Waals surface area contributed by atoms with Crippen LogP contribution in [0.15, 0.2) is 18.2 Å². The van der Waals surface area contributed by atoms with Crippen LogP contribution in [-0.2, 0) is 11.3 Å². The molecule has 1 aliphatic heterocycles. The summed E-state index contributed by atoms with van der Waals surface area (Å²) in [6, 6.07) is 4.45. The summed E-state index contributed by atoms with van der Waals surface area (Å²) in [7, 11) is 0. The molecule has 1 aromatic rings. The van der Waals surface area contributed by atoms with Crippen molar-refractivity contribution in [3.63, 3.8) is 0 Å². The number of likely N-dealkylation sites (tertiary alicyclic amines) is 1. The molecule has 114 valence electrons. The van der Waals surface area contributed by atoms with Crippen molar-refractivity contribution in [3.8, 4) is 0 Å². The van der Waals surface area contributed by atoms with Gasteiger partial charge in [-0.05, 0) is 24.5 Å². The number of aliphatic carboxylic acids is 1. The number of carboxylic acids is 1. The van der Waals surface area contributed by atoms with Crippen LogP contribution in [0.2, 0.25) is 5.02 Å². The highest BCUT2D eigenvalue weighted by atomic mass is 35.5. The SMILES string of the molecule is CC1CC(C(=O)O)CN(Cc2cc(Cl)ccc2[N+](=O)[O-])C1. The first-order valence-electron chi connectivity index (χ1n) is 6.74. The van der Waals surface area contributed by atoms with Crippen LogP contribution in [0.1, 0.15) is 18.9 Å². The van der Waals surface area contributed by atoms with Gasteiger partial charge >= 0.3 is 5.97 Å². The second-order valence-corrected chi connectivity index (χ2v) is 6.04. The van der Waals surface area contributed by atoms with E-state index in [0.29, 0.717) is 30.1 Å². The highest BCUT2D eigenvalue weighted by Crippen LogP contribution is 2.28. The number of halogens is 1. The number of hydrogen-bond acceptors (Lipinski definition) is 4. The van der Waals surface area contributed by atoms with Gasteiger partial charge in [0, 0.05) is 36.3 Å². The number of nitro groups is 1. The van der Waals surface area contributed by atoms with Crippen LogP contribution in [0.25, 0.3) is 0 Å². The minimum atomic E-state index is -0.813. The Hall–Kier alpha value is -1.66. The molecule has 1 aliphatic rings. The molecule has 7 heteroatoms. The van der Waals surface area contributed by atoms with Gasteiger partial charge in [-0.25, -0.2) is 0 Å². The lowest BCUT2D eigenvalue weighted by Gasteiger charge is -2.34. The molecule has 21 heavy (non-hydrogen) atoms. The van der Waals surface area contributed by atoms with E-state index in [4.69, 9.17) is 11.6 Å². The lowest BCUT2D eigenvalue weighted by Crippen LogP contribution is -2.42. The average molecular weight is 313 g/mol. The van der Waals surface area contributed by atoms with E-state index in [1.165, 1.54) is 12.1 Å². The topological polar surface area (TPSA) is 83.7 Å². The van der Waals surface area contributed by atoms with Gasteiger partial charge in [0.05, 0.1) is 10.8 Å². The van der Waals surface area contributed by atoms with Crippen LogP contribution >= 0.6 is 11.6 Å². The summed E-state index contributed by atoms with van der Waals surface area (Å²) in [6.45, 7) is 3.47. The zero-order chi connectivity index (χ0) is 15.6. The van der Waals surface area contributed by atoms with Crippen LogP contribution < -0.4 is 0 Å². The maximum absolute atomic E-state index is 11.2. The van der Waals surface area contributed by atoms with E-state index >= 15 is 0 Å². The Kier molecular flexibility index (Phi) is 4.80. The van der Waals surface area contributed by atoms with Crippen LogP contribution in [0.4, 0.5) is 5.69 Å². The summed E-state index contributed by atoms with van der Waals surface area (Å²) in [6.07, 6.45) is 0.642. The second-order valence-electron chi connectivity index (χ2n) is 5.60. The molecule has 2 rings (SSSR count). The number of carbonyl (C=O) groups is 1. The molecule has 0 radical (unpaired) electrons. The van der Waals surface area contributed by atoms with Gasteiger partial charge in [-0.2, -0.15) is 0 Å². The van der Waals surface area contributed by atoms with E-state index < -0.39 is 16.8 Å². The third-order valence-electron chi connectivity index (χ3n) is 3.72. The molecule has 1 fully saturated rings. The first kappa shape index (κ1) is 15.7. The zero-order valence-electron chi connectivity index (χ0n) is 11.7. The monoisotopic (exact) mass is 312 g/mol. The number of nitrogens with zero attached hydrogens (tertiary/aromatic N) is 2.